The fourth-order valence-corrected chi connectivity index (χ4v) is 7.80. The molecule has 0 radical (unpaired) electrons. The molecule has 2 saturated heterocycles. The molecule has 2 aromatic carbocycles. The number of aromatic amines is 2. The minimum absolute atomic E-state index is 0.0145. The number of fused-ring (bicyclic) bond motifs is 2. The Balaban J connectivity index is 1.08. The van der Waals surface area contributed by atoms with Gasteiger partial charge in [0.2, 0.25) is 17.7 Å². The maximum Gasteiger partial charge on any atom is 0.407 e. The van der Waals surface area contributed by atoms with Crippen LogP contribution in [-0.4, -0.2) is 91.9 Å². The van der Waals surface area contributed by atoms with Gasteiger partial charge in [0.15, 0.2) is 0 Å². The number of esters is 1. The Bertz CT molecular complexity index is 2070. The maximum atomic E-state index is 13.7. The van der Waals surface area contributed by atoms with E-state index in [1.807, 2.05) is 69.0 Å². The van der Waals surface area contributed by atoms with Crippen LogP contribution >= 0.6 is 0 Å². The number of benzene rings is 2. The van der Waals surface area contributed by atoms with Crippen LogP contribution in [-0.2, 0) is 23.9 Å². The zero-order chi connectivity index (χ0) is 39.0. The van der Waals surface area contributed by atoms with Crippen LogP contribution in [0.5, 0.6) is 0 Å². The lowest BCUT2D eigenvalue weighted by Crippen LogP contribution is -2.51. The molecule has 0 bridgehead atoms. The third-order valence-corrected chi connectivity index (χ3v) is 10.9. The number of nitrogens with one attached hydrogen (secondary N) is 3. The number of oxazole rings is 1. The summed E-state index contributed by atoms with van der Waals surface area (Å²) < 4.78 is 15.6. The Morgan fingerprint density at radius 3 is 1.95 bits per heavy atom. The Hall–Kier alpha value is -5.73. The van der Waals surface area contributed by atoms with E-state index in [0.29, 0.717) is 36.3 Å². The van der Waals surface area contributed by atoms with Crippen molar-refractivity contribution in [3.8, 4) is 22.7 Å². The first kappa shape index (κ1) is 37.6. The lowest BCUT2D eigenvalue weighted by Gasteiger charge is -2.29. The van der Waals surface area contributed by atoms with Gasteiger partial charge in [0, 0.05) is 24.2 Å². The molecule has 2 aliphatic heterocycles. The molecule has 15 heteroatoms. The minimum Gasteiger partial charge on any atom is -0.469 e. The van der Waals surface area contributed by atoms with Crippen molar-refractivity contribution >= 4 is 45.9 Å². The van der Waals surface area contributed by atoms with Gasteiger partial charge < -0.3 is 39.0 Å². The first-order valence-corrected chi connectivity index (χ1v) is 18.9. The zero-order valence-electron chi connectivity index (χ0n) is 32.0. The van der Waals surface area contributed by atoms with Gasteiger partial charge in [-0.1, -0.05) is 33.8 Å². The van der Waals surface area contributed by atoms with Gasteiger partial charge in [-0.3, -0.25) is 14.4 Å². The molecule has 3 aromatic heterocycles. The predicted octanol–water partition coefficient (Wildman–Crippen LogP) is 6.30. The zero-order valence-corrected chi connectivity index (χ0v) is 32.0. The van der Waals surface area contributed by atoms with Gasteiger partial charge in [0.25, 0.3) is 0 Å². The van der Waals surface area contributed by atoms with E-state index in [1.165, 1.54) is 14.2 Å². The number of carbonyl (C=O) groups excluding carboxylic acids is 4. The molecular formula is C40H48N8O7. The summed E-state index contributed by atoms with van der Waals surface area (Å²) in [6, 6.07) is 10.4. The number of H-pyrrole nitrogens is 2. The Morgan fingerprint density at radius 1 is 0.800 bits per heavy atom. The average molecular weight is 753 g/mol. The normalized spacial score (nSPS) is 18.4. The lowest BCUT2D eigenvalue weighted by atomic mass is 9.91. The van der Waals surface area contributed by atoms with Crippen LogP contribution in [0.1, 0.15) is 83.5 Å². The molecule has 4 atom stereocenters. The lowest BCUT2D eigenvalue weighted by molar-refractivity contribution is -0.148. The van der Waals surface area contributed by atoms with E-state index in [-0.39, 0.29) is 48.1 Å². The van der Waals surface area contributed by atoms with Crippen LogP contribution < -0.4 is 5.32 Å². The van der Waals surface area contributed by atoms with Crippen molar-refractivity contribution in [3.05, 3.63) is 54.3 Å². The van der Waals surface area contributed by atoms with E-state index in [4.69, 9.17) is 28.8 Å². The first-order valence-electron chi connectivity index (χ1n) is 18.9. The number of methoxy groups -OCH3 is 2. The highest BCUT2D eigenvalue weighted by Gasteiger charge is 2.39. The average Bonchev–Trinajstić information content (AvgIpc) is 4.02. The minimum atomic E-state index is -0.712. The van der Waals surface area contributed by atoms with Crippen LogP contribution in [0.4, 0.5) is 4.79 Å². The number of nitrogens with zero attached hydrogens (tertiary/aromatic N) is 5. The van der Waals surface area contributed by atoms with Crippen LogP contribution in [0.3, 0.4) is 0 Å². The smallest absolute Gasteiger partial charge is 0.407 e. The van der Waals surface area contributed by atoms with Crippen molar-refractivity contribution < 1.29 is 33.1 Å². The van der Waals surface area contributed by atoms with Crippen molar-refractivity contribution in [1.29, 1.82) is 0 Å². The third kappa shape index (κ3) is 7.51. The molecular weight excluding hydrogens is 704 g/mol. The molecule has 0 saturated carbocycles. The number of hydrogen-bond donors (Lipinski definition) is 3. The number of alkyl carbamates (subject to hydrolysis) is 1. The van der Waals surface area contributed by atoms with Crippen molar-refractivity contribution in [2.24, 2.45) is 17.8 Å². The van der Waals surface area contributed by atoms with Gasteiger partial charge in [-0.25, -0.2) is 19.7 Å². The Kier molecular flexibility index (Phi) is 10.6. The van der Waals surface area contributed by atoms with Crippen molar-refractivity contribution in [3.63, 3.8) is 0 Å². The second-order valence-corrected chi connectivity index (χ2v) is 15.1. The standard InChI is InChI=1S/C40H48N8O7/c1-21(2)25(19-33(49)53-5)38(50)47-15-7-9-31(47)35-41-26-13-11-23(17-28(26)43-35)30-20-55-37(45-30)24-12-14-27-29(18-24)44-36(42-27)32-10-8-16-48(32)39(51)34(22(3)4)46-40(52)54-6/h11-14,17-18,20-22,25,31-32,34H,7-10,15-16,19H2,1-6H3,(H,41,43)(H,42,44)(H,46,52)/t25-,31-,32-,34-/m0/s1. The van der Waals surface area contributed by atoms with Crippen LogP contribution in [0, 0.1) is 17.8 Å². The Labute approximate surface area is 318 Å². The summed E-state index contributed by atoms with van der Waals surface area (Å²) in [7, 11) is 2.62. The third-order valence-electron chi connectivity index (χ3n) is 10.9. The fraction of sp³-hybridized carbons (Fsp3) is 0.475. The van der Waals surface area contributed by atoms with Gasteiger partial charge in [0.1, 0.15) is 29.6 Å². The van der Waals surface area contributed by atoms with E-state index in [1.54, 1.807) is 11.2 Å². The van der Waals surface area contributed by atoms with Crippen molar-refractivity contribution in [2.45, 2.75) is 77.9 Å². The highest BCUT2D eigenvalue weighted by molar-refractivity contribution is 5.87. The molecule has 2 aliphatic rings. The molecule has 0 aliphatic carbocycles. The summed E-state index contributed by atoms with van der Waals surface area (Å²) in [5, 5.41) is 2.69. The largest absolute Gasteiger partial charge is 0.469 e. The topological polar surface area (TPSA) is 189 Å². The molecule has 3 amide bonds. The summed E-state index contributed by atoms with van der Waals surface area (Å²) >= 11 is 0. The molecule has 3 N–H and O–H groups in total. The fourth-order valence-electron chi connectivity index (χ4n) is 7.80. The van der Waals surface area contributed by atoms with Gasteiger partial charge in [-0.15, -0.1) is 0 Å². The van der Waals surface area contributed by atoms with E-state index in [0.717, 1.165) is 58.9 Å². The van der Waals surface area contributed by atoms with Crippen LogP contribution in [0.2, 0.25) is 0 Å². The van der Waals surface area contributed by atoms with E-state index < -0.39 is 18.1 Å². The molecule has 7 rings (SSSR count). The number of carbonyl (C=O) groups is 4. The SMILES string of the molecule is COC(=O)C[C@H](C(=O)N1CCC[C@H]1c1nc2ccc(-c3coc(-c4ccc5nc([C@@H]6CCCN6C(=O)[C@@H](NC(=O)OC)C(C)C)[nH]c5c4)n3)cc2[nH]1)C(C)C. The maximum absolute atomic E-state index is 13.7. The van der Waals surface area contributed by atoms with Gasteiger partial charge in [-0.2, -0.15) is 0 Å². The first-order chi connectivity index (χ1) is 26.4. The van der Waals surface area contributed by atoms with Crippen LogP contribution in [0.15, 0.2) is 47.1 Å². The van der Waals surface area contributed by atoms with Crippen molar-refractivity contribution in [1.82, 2.24) is 40.0 Å². The van der Waals surface area contributed by atoms with E-state index >= 15 is 0 Å². The molecule has 0 unspecified atom stereocenters. The van der Waals surface area contributed by atoms with Gasteiger partial charge >= 0.3 is 12.1 Å². The monoisotopic (exact) mass is 752 g/mol. The second-order valence-electron chi connectivity index (χ2n) is 15.1. The van der Waals surface area contributed by atoms with E-state index in [9.17, 15) is 19.2 Å². The number of ether oxygens (including phenoxy) is 2. The Morgan fingerprint density at radius 2 is 1.38 bits per heavy atom. The highest BCUT2D eigenvalue weighted by atomic mass is 16.5. The van der Waals surface area contributed by atoms with Gasteiger partial charge in [0.05, 0.1) is 60.7 Å². The molecule has 15 nitrogen and oxygen atoms in total. The molecule has 55 heavy (non-hydrogen) atoms. The molecule has 2 fully saturated rings. The molecule has 5 aromatic rings. The number of likely N-dealkylation sites (tertiary alicyclic amines) is 2. The molecule has 0 spiro atoms. The highest BCUT2D eigenvalue weighted by Crippen LogP contribution is 2.37. The number of hydrogen-bond acceptors (Lipinski definition) is 10. The summed E-state index contributed by atoms with van der Waals surface area (Å²) in [5.74, 6) is 0.637. The summed E-state index contributed by atoms with van der Waals surface area (Å²) in [6.45, 7) is 8.86. The van der Waals surface area contributed by atoms with E-state index in [2.05, 4.69) is 15.3 Å². The number of rotatable bonds is 11. The summed E-state index contributed by atoms with van der Waals surface area (Å²) in [4.78, 5) is 76.4. The van der Waals surface area contributed by atoms with Crippen LogP contribution in [0.25, 0.3) is 44.8 Å². The summed E-state index contributed by atoms with van der Waals surface area (Å²) in [5.41, 5.74) is 5.39. The summed E-state index contributed by atoms with van der Waals surface area (Å²) in [6.07, 6.45) is 4.23. The number of amides is 3. The predicted molar refractivity (Wildman–Crippen MR) is 203 cm³/mol. The van der Waals surface area contributed by atoms with Crippen molar-refractivity contribution in [2.75, 3.05) is 27.3 Å². The molecule has 5 heterocycles. The number of aromatic nitrogens is 5. The molecule has 290 valence electrons. The van der Waals surface area contributed by atoms with Gasteiger partial charge in [-0.05, 0) is 67.9 Å². The number of imidazole rings is 2. The quantitative estimate of drug-likeness (QED) is 0.129. The second kappa shape index (κ2) is 15.6.